The van der Waals surface area contributed by atoms with E-state index in [1.54, 1.807) is 4.68 Å². The third-order valence-corrected chi connectivity index (χ3v) is 5.13. The maximum atomic E-state index is 13.0. The van der Waals surface area contributed by atoms with E-state index in [9.17, 15) is 4.79 Å². The van der Waals surface area contributed by atoms with Gasteiger partial charge in [0.1, 0.15) is 0 Å². The molecule has 1 N–H and O–H groups in total. The van der Waals surface area contributed by atoms with Gasteiger partial charge in [-0.15, -0.1) is 5.10 Å². The summed E-state index contributed by atoms with van der Waals surface area (Å²) in [6, 6.07) is 31.6. The summed E-state index contributed by atoms with van der Waals surface area (Å²) in [5.74, 6) is 0.388. The van der Waals surface area contributed by atoms with Crippen LogP contribution in [0.2, 0.25) is 0 Å². The molecule has 1 heterocycles. The van der Waals surface area contributed by atoms with Crippen molar-refractivity contribution in [1.82, 2.24) is 14.8 Å². The van der Waals surface area contributed by atoms with Crippen LogP contribution in [0.1, 0.15) is 16.2 Å². The Bertz CT molecular complexity index is 1370. The number of anilines is 1. The number of benzene rings is 4. The molecule has 1 aromatic heterocycles. The van der Waals surface area contributed by atoms with Gasteiger partial charge in [0.2, 0.25) is 5.82 Å². The molecule has 1 amide bonds. The molecular formula is C26H20N4O. The Morgan fingerprint density at radius 2 is 1.52 bits per heavy atom. The molecule has 0 atom stereocenters. The van der Waals surface area contributed by atoms with Crippen LogP contribution in [0.5, 0.6) is 0 Å². The zero-order valence-corrected chi connectivity index (χ0v) is 17.0. The molecule has 0 unspecified atom stereocenters. The number of aryl methyl sites for hydroxylation is 1. The Morgan fingerprint density at radius 3 is 2.29 bits per heavy atom. The van der Waals surface area contributed by atoms with E-state index in [1.807, 2.05) is 104 Å². The molecule has 0 bridgehead atoms. The molecule has 150 valence electrons. The van der Waals surface area contributed by atoms with E-state index < -0.39 is 0 Å². The molecule has 5 heteroatoms. The highest BCUT2D eigenvalue weighted by Gasteiger charge is 2.19. The number of fused-ring (bicyclic) bond motifs is 1. The Kier molecular flexibility index (Phi) is 4.77. The van der Waals surface area contributed by atoms with Gasteiger partial charge < -0.3 is 5.32 Å². The van der Waals surface area contributed by atoms with Crippen LogP contribution < -0.4 is 5.32 Å². The van der Waals surface area contributed by atoms with Crippen molar-refractivity contribution in [1.29, 1.82) is 0 Å². The molecule has 0 aliphatic carbocycles. The molecule has 0 spiro atoms. The molecule has 4 aromatic carbocycles. The minimum absolute atomic E-state index is 0.118. The number of amides is 1. The zero-order chi connectivity index (χ0) is 21.2. The number of carbonyl (C=O) groups is 1. The van der Waals surface area contributed by atoms with Crippen LogP contribution in [0.4, 0.5) is 5.69 Å². The SMILES string of the molecule is Cc1ccc(-n2nc(C(=O)Nc3ccc4ccccc4c3)nc2-c2ccccc2)cc1. The van der Waals surface area contributed by atoms with Crippen molar-refractivity contribution < 1.29 is 4.79 Å². The molecule has 5 aromatic rings. The predicted molar refractivity (Wildman–Crippen MR) is 123 cm³/mol. The molecule has 0 saturated heterocycles. The molecule has 5 nitrogen and oxygen atoms in total. The number of nitrogens with one attached hydrogen (secondary N) is 1. The fraction of sp³-hybridized carbons (Fsp3) is 0.0385. The van der Waals surface area contributed by atoms with E-state index in [2.05, 4.69) is 15.4 Å². The lowest BCUT2D eigenvalue weighted by Crippen LogP contribution is -2.14. The highest BCUT2D eigenvalue weighted by molar-refractivity contribution is 6.03. The number of rotatable bonds is 4. The van der Waals surface area contributed by atoms with Gasteiger partial charge in [-0.25, -0.2) is 9.67 Å². The van der Waals surface area contributed by atoms with Crippen LogP contribution in [0.15, 0.2) is 97.1 Å². The second-order valence-corrected chi connectivity index (χ2v) is 7.39. The summed E-state index contributed by atoms with van der Waals surface area (Å²) in [4.78, 5) is 17.6. The molecule has 5 rings (SSSR count). The third kappa shape index (κ3) is 3.81. The standard InChI is InChI=1S/C26H20N4O/c1-18-11-15-23(16-12-18)30-25(20-8-3-2-4-9-20)28-24(29-30)26(31)27-22-14-13-19-7-5-6-10-21(19)17-22/h2-17H,1H3,(H,27,31). The highest BCUT2D eigenvalue weighted by Crippen LogP contribution is 2.23. The van der Waals surface area contributed by atoms with E-state index in [1.165, 1.54) is 0 Å². The first-order valence-corrected chi connectivity index (χ1v) is 10.1. The van der Waals surface area contributed by atoms with E-state index in [4.69, 9.17) is 0 Å². The number of hydrogen-bond donors (Lipinski definition) is 1. The average Bonchev–Trinajstić information content (AvgIpc) is 3.26. The van der Waals surface area contributed by atoms with E-state index in [0.717, 1.165) is 27.6 Å². The monoisotopic (exact) mass is 404 g/mol. The summed E-state index contributed by atoms with van der Waals surface area (Å²) in [6.07, 6.45) is 0. The van der Waals surface area contributed by atoms with Gasteiger partial charge in [-0.05, 0) is 42.0 Å². The van der Waals surface area contributed by atoms with Crippen molar-refractivity contribution in [2.24, 2.45) is 0 Å². The van der Waals surface area contributed by atoms with E-state index in [-0.39, 0.29) is 11.7 Å². The van der Waals surface area contributed by atoms with Crippen molar-refractivity contribution in [3.63, 3.8) is 0 Å². The van der Waals surface area contributed by atoms with E-state index in [0.29, 0.717) is 11.5 Å². The second-order valence-electron chi connectivity index (χ2n) is 7.39. The Morgan fingerprint density at radius 1 is 0.806 bits per heavy atom. The van der Waals surface area contributed by atoms with Crippen molar-refractivity contribution in [2.45, 2.75) is 6.92 Å². The Labute approximate surface area is 180 Å². The van der Waals surface area contributed by atoms with Crippen LogP contribution in [0.3, 0.4) is 0 Å². The highest BCUT2D eigenvalue weighted by atomic mass is 16.2. The van der Waals surface area contributed by atoms with E-state index >= 15 is 0 Å². The fourth-order valence-electron chi connectivity index (χ4n) is 3.50. The lowest BCUT2D eigenvalue weighted by molar-refractivity contribution is 0.101. The molecule has 0 aliphatic rings. The molecular weight excluding hydrogens is 384 g/mol. The van der Waals surface area contributed by atoms with Gasteiger partial charge in [-0.2, -0.15) is 0 Å². The van der Waals surface area contributed by atoms with Crippen LogP contribution in [-0.2, 0) is 0 Å². The molecule has 0 saturated carbocycles. The molecule has 0 fully saturated rings. The Hall–Kier alpha value is -4.25. The predicted octanol–water partition coefficient (Wildman–Crippen LogP) is 5.65. The quantitative estimate of drug-likeness (QED) is 0.421. The number of nitrogens with zero attached hydrogens (tertiary/aromatic N) is 3. The summed E-state index contributed by atoms with van der Waals surface area (Å²) in [5.41, 5.74) is 3.60. The Balaban J connectivity index is 1.52. The normalized spacial score (nSPS) is 10.9. The van der Waals surface area contributed by atoms with Crippen molar-refractivity contribution in [3.8, 4) is 17.1 Å². The number of hydrogen-bond acceptors (Lipinski definition) is 3. The lowest BCUT2D eigenvalue weighted by atomic mass is 10.1. The van der Waals surface area contributed by atoms with Gasteiger partial charge in [0.25, 0.3) is 5.91 Å². The number of aromatic nitrogens is 3. The number of carbonyl (C=O) groups excluding carboxylic acids is 1. The topological polar surface area (TPSA) is 59.8 Å². The van der Waals surface area contributed by atoms with Crippen molar-refractivity contribution in [3.05, 3.63) is 108 Å². The minimum atomic E-state index is -0.349. The largest absolute Gasteiger partial charge is 0.319 e. The van der Waals surface area contributed by atoms with Crippen molar-refractivity contribution in [2.75, 3.05) is 5.32 Å². The average molecular weight is 404 g/mol. The van der Waals surface area contributed by atoms with Crippen LogP contribution in [-0.4, -0.2) is 20.7 Å². The lowest BCUT2D eigenvalue weighted by Gasteiger charge is -2.06. The van der Waals surface area contributed by atoms with Gasteiger partial charge in [-0.1, -0.05) is 78.4 Å². The molecule has 31 heavy (non-hydrogen) atoms. The van der Waals surface area contributed by atoms with Gasteiger partial charge in [0, 0.05) is 11.3 Å². The van der Waals surface area contributed by atoms with Gasteiger partial charge in [0.05, 0.1) is 5.69 Å². The first-order valence-electron chi connectivity index (χ1n) is 10.1. The van der Waals surface area contributed by atoms with Crippen molar-refractivity contribution >= 4 is 22.4 Å². The maximum Gasteiger partial charge on any atom is 0.295 e. The minimum Gasteiger partial charge on any atom is -0.319 e. The summed E-state index contributed by atoms with van der Waals surface area (Å²) in [6.45, 7) is 2.03. The zero-order valence-electron chi connectivity index (χ0n) is 17.0. The van der Waals surface area contributed by atoms with Crippen LogP contribution in [0, 0.1) is 6.92 Å². The molecule has 0 aliphatic heterocycles. The summed E-state index contributed by atoms with van der Waals surface area (Å²) < 4.78 is 1.71. The smallest absolute Gasteiger partial charge is 0.295 e. The fourth-order valence-corrected chi connectivity index (χ4v) is 3.50. The summed E-state index contributed by atoms with van der Waals surface area (Å²) >= 11 is 0. The van der Waals surface area contributed by atoms with Crippen LogP contribution in [0.25, 0.3) is 27.8 Å². The first kappa shape index (κ1) is 18.8. The summed E-state index contributed by atoms with van der Waals surface area (Å²) in [5, 5.41) is 9.64. The third-order valence-electron chi connectivity index (χ3n) is 5.13. The molecule has 0 radical (unpaired) electrons. The van der Waals surface area contributed by atoms with Gasteiger partial charge >= 0.3 is 0 Å². The first-order chi connectivity index (χ1) is 15.2. The maximum absolute atomic E-state index is 13.0. The van der Waals surface area contributed by atoms with Gasteiger partial charge in [0.15, 0.2) is 5.82 Å². The second kappa shape index (κ2) is 7.88. The van der Waals surface area contributed by atoms with Crippen LogP contribution >= 0.6 is 0 Å². The van der Waals surface area contributed by atoms with Gasteiger partial charge in [-0.3, -0.25) is 4.79 Å². The summed E-state index contributed by atoms with van der Waals surface area (Å²) in [7, 11) is 0.